The van der Waals surface area contributed by atoms with Gasteiger partial charge in [0.05, 0.1) is 4.90 Å². The molecule has 0 atom stereocenters. The zero-order valence-corrected chi connectivity index (χ0v) is 12.7. The molecule has 20 heavy (non-hydrogen) atoms. The Morgan fingerprint density at radius 1 is 1.25 bits per heavy atom. The van der Waals surface area contributed by atoms with Crippen molar-refractivity contribution in [1.82, 2.24) is 14.6 Å². The van der Waals surface area contributed by atoms with Crippen LogP contribution in [0.5, 0.6) is 0 Å². The molecule has 2 aliphatic rings. The van der Waals surface area contributed by atoms with E-state index in [-0.39, 0.29) is 16.1 Å². The lowest BCUT2D eigenvalue weighted by Gasteiger charge is -2.32. The van der Waals surface area contributed by atoms with E-state index in [0.29, 0.717) is 0 Å². The third-order valence-corrected chi connectivity index (χ3v) is 5.65. The molecule has 1 saturated heterocycles. The van der Waals surface area contributed by atoms with E-state index in [9.17, 15) is 8.42 Å². The van der Waals surface area contributed by atoms with Crippen LogP contribution in [0, 0.1) is 0 Å². The Kier molecular flexibility index (Phi) is 3.99. The summed E-state index contributed by atoms with van der Waals surface area (Å²) in [5, 5.41) is 0.191. The first-order valence-corrected chi connectivity index (χ1v) is 8.79. The molecule has 0 spiro atoms. The number of likely N-dealkylation sites (tertiary alicyclic amines) is 1. The van der Waals surface area contributed by atoms with Gasteiger partial charge in [0.15, 0.2) is 0 Å². The number of sulfonamides is 1. The van der Waals surface area contributed by atoms with E-state index in [1.54, 1.807) is 0 Å². The fourth-order valence-electron chi connectivity index (χ4n) is 2.66. The maximum Gasteiger partial charge on any atom is 0.240 e. The summed E-state index contributed by atoms with van der Waals surface area (Å²) in [7, 11) is -3.50. The Balaban J connectivity index is 1.62. The Bertz CT molecular complexity index is 581. The summed E-state index contributed by atoms with van der Waals surface area (Å²) in [4.78, 5) is 6.45. The van der Waals surface area contributed by atoms with Crippen molar-refractivity contribution in [2.75, 3.05) is 13.1 Å². The molecule has 1 aliphatic carbocycles. The minimum Gasteiger partial charge on any atom is -0.300 e. The van der Waals surface area contributed by atoms with Crippen LogP contribution in [-0.2, 0) is 10.0 Å². The first-order valence-electron chi connectivity index (χ1n) is 6.92. The zero-order chi connectivity index (χ0) is 14.2. The summed E-state index contributed by atoms with van der Waals surface area (Å²) in [6.45, 7) is 1.96. The molecule has 1 aromatic rings. The van der Waals surface area contributed by atoms with Crippen molar-refractivity contribution in [2.45, 2.75) is 42.7 Å². The average Bonchev–Trinajstić information content (AvgIpc) is 3.24. The van der Waals surface area contributed by atoms with Crippen LogP contribution in [0.2, 0.25) is 5.15 Å². The van der Waals surface area contributed by atoms with Gasteiger partial charge in [-0.1, -0.05) is 11.6 Å². The van der Waals surface area contributed by atoms with Crippen molar-refractivity contribution in [3.8, 4) is 0 Å². The standard InChI is InChI=1S/C13H18ClN3O2S/c14-13-9-12(3-6-15-13)20(18,19)16-10-4-7-17(8-5-10)11-1-2-11/h3,6,9-11,16H,1-2,4-5,7-8H2. The van der Waals surface area contributed by atoms with Crippen LogP contribution in [0.1, 0.15) is 25.7 Å². The molecule has 0 aromatic carbocycles. The molecule has 7 heteroatoms. The quantitative estimate of drug-likeness (QED) is 0.858. The number of piperidine rings is 1. The van der Waals surface area contributed by atoms with Gasteiger partial charge in [-0.2, -0.15) is 0 Å². The van der Waals surface area contributed by atoms with Crippen molar-refractivity contribution < 1.29 is 8.42 Å². The molecule has 0 unspecified atom stereocenters. The highest BCUT2D eigenvalue weighted by atomic mass is 35.5. The van der Waals surface area contributed by atoms with E-state index in [0.717, 1.165) is 32.0 Å². The van der Waals surface area contributed by atoms with Crippen molar-refractivity contribution in [2.24, 2.45) is 0 Å². The van der Waals surface area contributed by atoms with Gasteiger partial charge in [-0.3, -0.25) is 0 Å². The monoisotopic (exact) mass is 315 g/mol. The summed E-state index contributed by atoms with van der Waals surface area (Å²) in [5.74, 6) is 0. The number of nitrogens with zero attached hydrogens (tertiary/aromatic N) is 2. The first-order chi connectivity index (χ1) is 9.54. The lowest BCUT2D eigenvalue weighted by molar-refractivity contribution is 0.199. The molecule has 5 nitrogen and oxygen atoms in total. The lowest BCUT2D eigenvalue weighted by atomic mass is 10.1. The smallest absolute Gasteiger partial charge is 0.240 e. The number of halogens is 1. The first kappa shape index (κ1) is 14.3. The van der Waals surface area contributed by atoms with E-state index < -0.39 is 10.0 Å². The molecule has 2 fully saturated rings. The average molecular weight is 316 g/mol. The normalized spacial score (nSPS) is 22.1. The number of rotatable bonds is 4. The molecule has 0 bridgehead atoms. The number of aromatic nitrogens is 1. The summed E-state index contributed by atoms with van der Waals surface area (Å²) in [5.41, 5.74) is 0. The van der Waals surface area contributed by atoms with Crippen LogP contribution >= 0.6 is 11.6 Å². The number of nitrogens with one attached hydrogen (secondary N) is 1. The van der Waals surface area contributed by atoms with Crippen molar-refractivity contribution in [1.29, 1.82) is 0 Å². The second-order valence-corrected chi connectivity index (χ2v) is 7.58. The molecule has 2 heterocycles. The third-order valence-electron chi connectivity index (χ3n) is 3.92. The van der Waals surface area contributed by atoms with Crippen LogP contribution in [-0.4, -0.2) is 43.5 Å². The minimum absolute atomic E-state index is 0.0157. The molecular formula is C13H18ClN3O2S. The Hall–Kier alpha value is -0.690. The van der Waals surface area contributed by atoms with E-state index >= 15 is 0 Å². The second-order valence-electron chi connectivity index (χ2n) is 5.48. The van der Waals surface area contributed by atoms with Crippen LogP contribution in [0.15, 0.2) is 23.2 Å². The minimum atomic E-state index is -3.50. The van der Waals surface area contributed by atoms with Gasteiger partial charge >= 0.3 is 0 Å². The van der Waals surface area contributed by atoms with Gasteiger partial charge in [-0.05, 0) is 50.9 Å². The van der Waals surface area contributed by atoms with Crippen molar-refractivity contribution in [3.05, 3.63) is 23.5 Å². The summed E-state index contributed by atoms with van der Waals surface area (Å²) in [6.07, 6.45) is 5.74. The van der Waals surface area contributed by atoms with E-state index in [2.05, 4.69) is 14.6 Å². The topological polar surface area (TPSA) is 62.3 Å². The highest BCUT2D eigenvalue weighted by Crippen LogP contribution is 2.29. The number of hydrogen-bond acceptors (Lipinski definition) is 4. The van der Waals surface area contributed by atoms with E-state index in [1.165, 1.54) is 31.2 Å². The fourth-order valence-corrected chi connectivity index (χ4v) is 4.22. The highest BCUT2D eigenvalue weighted by Gasteiger charge is 2.33. The predicted octanol–water partition coefficient (Wildman–Crippen LogP) is 1.64. The highest BCUT2D eigenvalue weighted by molar-refractivity contribution is 7.89. The Morgan fingerprint density at radius 3 is 2.55 bits per heavy atom. The second kappa shape index (κ2) is 5.60. The third kappa shape index (κ3) is 3.31. The molecular weight excluding hydrogens is 298 g/mol. The molecule has 1 saturated carbocycles. The van der Waals surface area contributed by atoms with Crippen LogP contribution in [0.25, 0.3) is 0 Å². The van der Waals surface area contributed by atoms with Crippen LogP contribution in [0.4, 0.5) is 0 Å². The fraction of sp³-hybridized carbons (Fsp3) is 0.615. The van der Waals surface area contributed by atoms with Crippen LogP contribution < -0.4 is 4.72 Å². The molecule has 0 radical (unpaired) electrons. The van der Waals surface area contributed by atoms with Gasteiger partial charge in [0.1, 0.15) is 5.15 Å². The van der Waals surface area contributed by atoms with Crippen molar-refractivity contribution in [3.63, 3.8) is 0 Å². The largest absolute Gasteiger partial charge is 0.300 e. The van der Waals surface area contributed by atoms with E-state index in [1.807, 2.05) is 0 Å². The number of hydrogen-bond donors (Lipinski definition) is 1. The molecule has 1 aliphatic heterocycles. The predicted molar refractivity (Wildman–Crippen MR) is 77.2 cm³/mol. The molecule has 1 aromatic heterocycles. The molecule has 1 N–H and O–H groups in total. The Labute approximate surface area is 124 Å². The summed E-state index contributed by atoms with van der Waals surface area (Å²) < 4.78 is 27.3. The maximum atomic E-state index is 12.3. The van der Waals surface area contributed by atoms with Gasteiger partial charge in [0, 0.05) is 18.3 Å². The maximum absolute atomic E-state index is 12.3. The van der Waals surface area contributed by atoms with Gasteiger partial charge in [0.25, 0.3) is 0 Å². The zero-order valence-electron chi connectivity index (χ0n) is 11.1. The van der Waals surface area contributed by atoms with Gasteiger partial charge in [0.2, 0.25) is 10.0 Å². The molecule has 3 rings (SSSR count). The van der Waals surface area contributed by atoms with Gasteiger partial charge in [-0.25, -0.2) is 18.1 Å². The molecule has 0 amide bonds. The number of pyridine rings is 1. The van der Waals surface area contributed by atoms with Crippen molar-refractivity contribution >= 4 is 21.6 Å². The Morgan fingerprint density at radius 2 is 1.95 bits per heavy atom. The lowest BCUT2D eigenvalue weighted by Crippen LogP contribution is -2.45. The summed E-state index contributed by atoms with van der Waals surface area (Å²) in [6, 6.07) is 3.62. The van der Waals surface area contributed by atoms with Gasteiger partial charge < -0.3 is 4.90 Å². The van der Waals surface area contributed by atoms with Gasteiger partial charge in [-0.15, -0.1) is 0 Å². The SMILES string of the molecule is O=S(=O)(NC1CCN(C2CC2)CC1)c1ccnc(Cl)c1. The van der Waals surface area contributed by atoms with E-state index in [4.69, 9.17) is 11.6 Å². The van der Waals surface area contributed by atoms with Crippen LogP contribution in [0.3, 0.4) is 0 Å². The molecule has 110 valence electrons. The summed E-state index contributed by atoms with van der Waals surface area (Å²) >= 11 is 5.74.